The first-order valence-electron chi connectivity index (χ1n) is 11.8. The fraction of sp³-hybridized carbons (Fsp3) is 0.370. The third-order valence-electron chi connectivity index (χ3n) is 7.00. The minimum atomic E-state index is -0.770. The largest absolute Gasteiger partial charge is 0.360 e. The normalized spacial score (nSPS) is 27.5. The zero-order chi connectivity index (χ0) is 23.9. The minimum Gasteiger partial charge on any atom is -0.360 e. The summed E-state index contributed by atoms with van der Waals surface area (Å²) in [4.78, 5) is 39.8. The molecule has 0 saturated carbocycles. The molecule has 2 aromatic carbocycles. The number of aryl methyl sites for hydroxylation is 1. The predicted molar refractivity (Wildman–Crippen MR) is 129 cm³/mol. The number of rotatable bonds is 7. The van der Waals surface area contributed by atoms with E-state index >= 15 is 0 Å². The second-order valence-electron chi connectivity index (χ2n) is 9.49. The number of hydrogen-bond donors (Lipinski definition) is 2. The summed E-state index contributed by atoms with van der Waals surface area (Å²) in [6.07, 6.45) is 5.20. The second-order valence-corrected chi connectivity index (χ2v) is 9.49. The maximum Gasteiger partial charge on any atom is 0.234 e. The lowest BCUT2D eigenvalue weighted by atomic mass is 9.76. The van der Waals surface area contributed by atoms with Gasteiger partial charge in [-0.05, 0) is 49.6 Å². The lowest BCUT2D eigenvalue weighted by Gasteiger charge is -2.25. The fourth-order valence-electron chi connectivity index (χ4n) is 5.38. The maximum absolute atomic E-state index is 13.5. The van der Waals surface area contributed by atoms with Crippen LogP contribution in [0.1, 0.15) is 25.8 Å². The SMILES string of the molecule is CC(=O)Nc1ccc(N2C[C@]34C=C[C@H](O3)C(C(=O)NC(C)CCc3ccccc3)C4C2=O)cc1. The Morgan fingerprint density at radius 2 is 1.88 bits per heavy atom. The van der Waals surface area contributed by atoms with E-state index in [0.717, 1.165) is 18.5 Å². The molecule has 2 aromatic rings. The minimum absolute atomic E-state index is 0.0132. The maximum atomic E-state index is 13.5. The van der Waals surface area contributed by atoms with Crippen LogP contribution < -0.4 is 15.5 Å². The van der Waals surface area contributed by atoms with Crippen LogP contribution in [0.4, 0.5) is 11.4 Å². The summed E-state index contributed by atoms with van der Waals surface area (Å²) >= 11 is 0. The highest BCUT2D eigenvalue weighted by atomic mass is 16.5. The Hall–Kier alpha value is -3.45. The molecule has 2 N–H and O–H groups in total. The van der Waals surface area contributed by atoms with Gasteiger partial charge in [0.25, 0.3) is 0 Å². The Balaban J connectivity index is 1.27. The molecule has 0 aliphatic carbocycles. The second kappa shape index (κ2) is 8.72. The first-order valence-corrected chi connectivity index (χ1v) is 11.8. The van der Waals surface area contributed by atoms with E-state index in [1.807, 2.05) is 37.3 Å². The van der Waals surface area contributed by atoms with E-state index in [0.29, 0.717) is 12.2 Å². The topological polar surface area (TPSA) is 87.7 Å². The van der Waals surface area contributed by atoms with Crippen molar-refractivity contribution in [1.29, 1.82) is 0 Å². The van der Waals surface area contributed by atoms with Crippen molar-refractivity contribution in [2.45, 2.75) is 44.4 Å². The van der Waals surface area contributed by atoms with E-state index in [4.69, 9.17) is 4.74 Å². The molecule has 3 aliphatic heterocycles. The van der Waals surface area contributed by atoms with Gasteiger partial charge in [0.1, 0.15) is 5.60 Å². The molecule has 34 heavy (non-hydrogen) atoms. The molecule has 176 valence electrons. The highest BCUT2D eigenvalue weighted by molar-refractivity contribution is 6.03. The fourth-order valence-corrected chi connectivity index (χ4v) is 5.38. The van der Waals surface area contributed by atoms with Crippen LogP contribution in [-0.2, 0) is 25.5 Å². The first-order chi connectivity index (χ1) is 16.4. The van der Waals surface area contributed by atoms with Crippen LogP contribution in [0, 0.1) is 11.8 Å². The number of fused-ring (bicyclic) bond motifs is 1. The van der Waals surface area contributed by atoms with Gasteiger partial charge >= 0.3 is 0 Å². The lowest BCUT2D eigenvalue weighted by Crippen LogP contribution is -2.46. The Morgan fingerprint density at radius 1 is 1.15 bits per heavy atom. The van der Waals surface area contributed by atoms with Crippen molar-refractivity contribution in [3.05, 3.63) is 72.3 Å². The third kappa shape index (κ3) is 4.01. The van der Waals surface area contributed by atoms with Crippen molar-refractivity contribution in [3.8, 4) is 0 Å². The molecular formula is C27H29N3O4. The van der Waals surface area contributed by atoms with Crippen molar-refractivity contribution in [3.63, 3.8) is 0 Å². The average Bonchev–Trinajstić information content (AvgIpc) is 3.47. The molecule has 3 aliphatic rings. The molecular weight excluding hydrogens is 430 g/mol. The lowest BCUT2D eigenvalue weighted by molar-refractivity contribution is -0.132. The number of hydrogen-bond acceptors (Lipinski definition) is 4. The van der Waals surface area contributed by atoms with Gasteiger partial charge in [-0.15, -0.1) is 0 Å². The Bertz CT molecular complexity index is 1130. The monoisotopic (exact) mass is 459 g/mol. The smallest absolute Gasteiger partial charge is 0.234 e. The van der Waals surface area contributed by atoms with E-state index in [1.165, 1.54) is 12.5 Å². The van der Waals surface area contributed by atoms with Gasteiger partial charge in [-0.1, -0.05) is 42.5 Å². The summed E-state index contributed by atoms with van der Waals surface area (Å²) in [6.45, 7) is 3.82. The van der Waals surface area contributed by atoms with Crippen molar-refractivity contribution >= 4 is 29.1 Å². The van der Waals surface area contributed by atoms with Gasteiger partial charge in [0.05, 0.1) is 24.5 Å². The van der Waals surface area contributed by atoms with Gasteiger partial charge in [0, 0.05) is 24.3 Å². The summed E-state index contributed by atoms with van der Waals surface area (Å²) in [5.41, 5.74) is 1.85. The van der Waals surface area contributed by atoms with Crippen LogP contribution in [0.3, 0.4) is 0 Å². The van der Waals surface area contributed by atoms with E-state index in [2.05, 4.69) is 22.8 Å². The van der Waals surface area contributed by atoms with Gasteiger partial charge in [-0.25, -0.2) is 0 Å². The van der Waals surface area contributed by atoms with E-state index in [-0.39, 0.29) is 29.9 Å². The molecule has 2 saturated heterocycles. The van der Waals surface area contributed by atoms with E-state index in [9.17, 15) is 14.4 Å². The number of nitrogens with one attached hydrogen (secondary N) is 2. The number of ether oxygens (including phenoxy) is 1. The van der Waals surface area contributed by atoms with Crippen molar-refractivity contribution in [2.24, 2.45) is 11.8 Å². The molecule has 7 nitrogen and oxygen atoms in total. The molecule has 2 bridgehead atoms. The van der Waals surface area contributed by atoms with E-state index in [1.54, 1.807) is 29.2 Å². The Labute approximate surface area is 199 Å². The van der Waals surface area contributed by atoms with Crippen LogP contribution in [0.15, 0.2) is 66.7 Å². The molecule has 5 rings (SSSR count). The third-order valence-corrected chi connectivity index (χ3v) is 7.00. The average molecular weight is 460 g/mol. The van der Waals surface area contributed by atoms with Crippen molar-refractivity contribution in [2.75, 3.05) is 16.8 Å². The highest BCUT2D eigenvalue weighted by Gasteiger charge is 2.67. The Morgan fingerprint density at radius 3 is 2.59 bits per heavy atom. The molecule has 3 unspecified atom stereocenters. The van der Waals surface area contributed by atoms with Crippen LogP contribution >= 0.6 is 0 Å². The summed E-state index contributed by atoms with van der Waals surface area (Å²) in [5, 5.41) is 5.85. The molecule has 1 spiro atoms. The molecule has 3 heterocycles. The number of benzene rings is 2. The summed E-state index contributed by atoms with van der Waals surface area (Å²) in [6, 6.07) is 17.3. The number of anilines is 2. The molecule has 7 heteroatoms. The number of carbonyl (C=O) groups is 3. The van der Waals surface area contributed by atoms with Crippen LogP contribution in [0.25, 0.3) is 0 Å². The number of nitrogens with zero attached hydrogens (tertiary/aromatic N) is 1. The highest BCUT2D eigenvalue weighted by Crippen LogP contribution is 2.52. The number of carbonyl (C=O) groups excluding carboxylic acids is 3. The quantitative estimate of drug-likeness (QED) is 0.623. The van der Waals surface area contributed by atoms with Crippen molar-refractivity contribution < 1.29 is 19.1 Å². The molecule has 0 aromatic heterocycles. The number of amides is 3. The summed E-state index contributed by atoms with van der Waals surface area (Å²) < 4.78 is 6.24. The van der Waals surface area contributed by atoms with Crippen LogP contribution in [0.5, 0.6) is 0 Å². The zero-order valence-corrected chi connectivity index (χ0v) is 19.4. The molecule has 5 atom stereocenters. The predicted octanol–water partition coefficient (Wildman–Crippen LogP) is 3.07. The van der Waals surface area contributed by atoms with E-state index < -0.39 is 17.4 Å². The van der Waals surface area contributed by atoms with Crippen molar-refractivity contribution in [1.82, 2.24) is 5.32 Å². The van der Waals surface area contributed by atoms with Gasteiger partial charge < -0.3 is 20.3 Å². The molecule has 3 amide bonds. The van der Waals surface area contributed by atoms with Gasteiger partial charge in [0.15, 0.2) is 0 Å². The first kappa shape index (κ1) is 22.3. The Kier molecular flexibility index (Phi) is 5.73. The standard InChI is InChI=1S/C27H29N3O4/c1-17(8-9-19-6-4-3-5-7-19)28-25(32)23-22-14-15-27(34-22)16-30(26(33)24(23)27)21-12-10-20(11-13-21)29-18(2)31/h3-7,10-15,17,22-24H,8-9,16H2,1-2H3,(H,28,32)(H,29,31)/t17?,22-,23?,24?,27-/m0/s1. The summed E-state index contributed by atoms with van der Waals surface area (Å²) in [5.74, 6) is -1.46. The van der Waals surface area contributed by atoms with Crippen LogP contribution in [0.2, 0.25) is 0 Å². The zero-order valence-electron chi connectivity index (χ0n) is 19.4. The molecule has 0 radical (unpaired) electrons. The van der Waals surface area contributed by atoms with Crippen LogP contribution in [-0.4, -0.2) is 42.0 Å². The van der Waals surface area contributed by atoms with Gasteiger partial charge in [0.2, 0.25) is 17.7 Å². The van der Waals surface area contributed by atoms with Gasteiger partial charge in [-0.3, -0.25) is 14.4 Å². The van der Waals surface area contributed by atoms with Gasteiger partial charge in [-0.2, -0.15) is 0 Å². The summed E-state index contributed by atoms with van der Waals surface area (Å²) in [7, 11) is 0. The molecule has 2 fully saturated rings.